The monoisotopic (exact) mass is 304 g/mol. The van der Waals surface area contributed by atoms with Crippen molar-refractivity contribution in [3.63, 3.8) is 0 Å². The van der Waals surface area contributed by atoms with Crippen molar-refractivity contribution in [2.75, 3.05) is 0 Å². The highest BCUT2D eigenvalue weighted by Crippen LogP contribution is 2.36. The van der Waals surface area contributed by atoms with Crippen LogP contribution in [0.15, 0.2) is 18.2 Å². The Labute approximate surface area is 123 Å². The number of rotatable bonds is 5. The average Bonchev–Trinajstić information content (AvgIpc) is 2.35. The minimum Gasteiger partial charge on any atom is -0.392 e. The molecule has 5 heteroatoms. The maximum atomic E-state index is 11.3. The van der Waals surface area contributed by atoms with E-state index in [2.05, 4.69) is 0 Å². The summed E-state index contributed by atoms with van der Waals surface area (Å²) >= 11 is 12.0. The van der Waals surface area contributed by atoms with Crippen molar-refractivity contribution >= 4 is 29.0 Å². The number of benzene rings is 1. The second-order valence-corrected chi connectivity index (χ2v) is 5.64. The number of Topliss-reactive ketones (excluding diaryl/α,β-unsaturated/α-hetero) is 1. The van der Waals surface area contributed by atoms with Crippen LogP contribution in [-0.4, -0.2) is 22.1 Å². The van der Waals surface area contributed by atoms with Crippen LogP contribution in [0, 0.1) is 11.8 Å². The highest BCUT2D eigenvalue weighted by atomic mass is 35.5. The highest BCUT2D eigenvalue weighted by Gasteiger charge is 2.31. The fourth-order valence-corrected chi connectivity index (χ4v) is 2.56. The second kappa shape index (κ2) is 6.71. The summed E-state index contributed by atoms with van der Waals surface area (Å²) in [6.07, 6.45) is -1.99. The van der Waals surface area contributed by atoms with Crippen LogP contribution in [0.25, 0.3) is 0 Å². The summed E-state index contributed by atoms with van der Waals surface area (Å²) in [6.45, 7) is 4.70. The molecule has 19 heavy (non-hydrogen) atoms. The topological polar surface area (TPSA) is 57.5 Å². The van der Waals surface area contributed by atoms with Crippen LogP contribution in [-0.2, 0) is 4.79 Å². The third kappa shape index (κ3) is 3.69. The van der Waals surface area contributed by atoms with Crippen LogP contribution >= 0.6 is 23.2 Å². The lowest BCUT2D eigenvalue weighted by Crippen LogP contribution is -2.33. The molecule has 106 valence electrons. The normalized spacial score (nSPS) is 17.6. The van der Waals surface area contributed by atoms with Crippen LogP contribution < -0.4 is 0 Å². The number of halogens is 2. The van der Waals surface area contributed by atoms with Crippen molar-refractivity contribution in [3.8, 4) is 0 Å². The Morgan fingerprint density at radius 1 is 1.16 bits per heavy atom. The van der Waals surface area contributed by atoms with Crippen molar-refractivity contribution in [1.82, 2.24) is 0 Å². The Balaban J connectivity index is 3.00. The summed E-state index contributed by atoms with van der Waals surface area (Å²) in [5.41, 5.74) is 0.383. The summed E-state index contributed by atoms with van der Waals surface area (Å²) in [5, 5.41) is 21.1. The Bertz CT molecular complexity index is 442. The molecule has 1 rings (SSSR count). The van der Waals surface area contributed by atoms with Crippen molar-refractivity contribution < 1.29 is 15.0 Å². The number of carbonyl (C=O) groups is 1. The molecule has 1 aromatic carbocycles. The van der Waals surface area contributed by atoms with Gasteiger partial charge in [-0.05, 0) is 19.1 Å². The van der Waals surface area contributed by atoms with Crippen LogP contribution in [0.4, 0.5) is 0 Å². The van der Waals surface area contributed by atoms with Gasteiger partial charge in [0, 0.05) is 27.4 Å². The van der Waals surface area contributed by atoms with Crippen LogP contribution in [0.3, 0.4) is 0 Å². The van der Waals surface area contributed by atoms with E-state index < -0.39 is 24.0 Å². The third-order valence-corrected chi connectivity index (χ3v) is 4.14. The van der Waals surface area contributed by atoms with Gasteiger partial charge in [-0.15, -0.1) is 0 Å². The molecule has 1 aromatic rings. The first-order valence-corrected chi connectivity index (χ1v) is 6.83. The second-order valence-electron chi connectivity index (χ2n) is 4.83. The largest absolute Gasteiger partial charge is 0.392 e. The Hall–Kier alpha value is -0.610. The van der Waals surface area contributed by atoms with Gasteiger partial charge in [-0.25, -0.2) is 0 Å². The molecule has 0 bridgehead atoms. The van der Waals surface area contributed by atoms with E-state index in [9.17, 15) is 15.0 Å². The number of hydrogen-bond acceptors (Lipinski definition) is 3. The number of aliphatic hydroxyl groups excluding tert-OH is 2. The molecule has 0 saturated heterocycles. The molecular weight excluding hydrogens is 287 g/mol. The van der Waals surface area contributed by atoms with Gasteiger partial charge in [-0.3, -0.25) is 4.79 Å². The standard InChI is InChI=1S/C14H18Cl2O3/c1-7(9(3)17)13(18)8(2)14(19)12-10(15)5-4-6-11(12)16/h4-8,13-14,18-19H,1-3H3/t7-,8-,13-,14+/m1/s1. The first kappa shape index (κ1) is 16.4. The fourth-order valence-electron chi connectivity index (χ4n) is 1.94. The maximum absolute atomic E-state index is 11.3. The summed E-state index contributed by atoms with van der Waals surface area (Å²) in [5.74, 6) is -1.24. The zero-order valence-electron chi connectivity index (χ0n) is 11.1. The number of ketones is 1. The van der Waals surface area contributed by atoms with E-state index in [1.807, 2.05) is 0 Å². The molecule has 0 aliphatic rings. The molecule has 3 nitrogen and oxygen atoms in total. The predicted octanol–water partition coefficient (Wildman–Crippen LogP) is 3.25. The van der Waals surface area contributed by atoms with E-state index in [0.717, 1.165) is 0 Å². The highest BCUT2D eigenvalue weighted by molar-refractivity contribution is 6.36. The SMILES string of the molecule is CC(=O)[C@@H](C)[C@@H](O)[C@@H](C)[C@H](O)c1c(Cl)cccc1Cl. The van der Waals surface area contributed by atoms with Crippen molar-refractivity contribution in [1.29, 1.82) is 0 Å². The number of hydrogen-bond donors (Lipinski definition) is 2. The maximum Gasteiger partial charge on any atom is 0.135 e. The Kier molecular flexibility index (Phi) is 5.81. The zero-order chi connectivity index (χ0) is 14.7. The molecule has 0 saturated carbocycles. The average molecular weight is 305 g/mol. The fraction of sp³-hybridized carbons (Fsp3) is 0.500. The quantitative estimate of drug-likeness (QED) is 0.878. The summed E-state index contributed by atoms with van der Waals surface area (Å²) in [4.78, 5) is 11.3. The van der Waals surface area contributed by atoms with E-state index in [1.54, 1.807) is 32.0 Å². The van der Waals surface area contributed by atoms with E-state index in [1.165, 1.54) is 6.92 Å². The lowest BCUT2D eigenvalue weighted by atomic mass is 9.85. The molecule has 0 aromatic heterocycles. The van der Waals surface area contributed by atoms with E-state index in [0.29, 0.717) is 15.6 Å². The van der Waals surface area contributed by atoms with Gasteiger partial charge >= 0.3 is 0 Å². The molecule has 0 unspecified atom stereocenters. The molecular formula is C14H18Cl2O3. The van der Waals surface area contributed by atoms with Crippen LogP contribution in [0.1, 0.15) is 32.4 Å². The lowest BCUT2D eigenvalue weighted by molar-refractivity contribution is -0.125. The van der Waals surface area contributed by atoms with E-state index in [4.69, 9.17) is 23.2 Å². The first-order chi connectivity index (χ1) is 8.77. The molecule has 4 atom stereocenters. The van der Waals surface area contributed by atoms with Crippen molar-refractivity contribution in [2.24, 2.45) is 11.8 Å². The zero-order valence-corrected chi connectivity index (χ0v) is 12.6. The molecule has 0 heterocycles. The smallest absolute Gasteiger partial charge is 0.135 e. The summed E-state index contributed by atoms with van der Waals surface area (Å²) in [7, 11) is 0. The van der Waals surface area contributed by atoms with Gasteiger partial charge in [0.1, 0.15) is 5.78 Å². The Morgan fingerprint density at radius 3 is 2.05 bits per heavy atom. The lowest BCUT2D eigenvalue weighted by Gasteiger charge is -2.28. The van der Waals surface area contributed by atoms with Crippen LogP contribution in [0.2, 0.25) is 10.0 Å². The Morgan fingerprint density at radius 2 is 1.63 bits per heavy atom. The first-order valence-electron chi connectivity index (χ1n) is 6.07. The van der Waals surface area contributed by atoms with Gasteiger partial charge in [0.25, 0.3) is 0 Å². The number of aliphatic hydroxyl groups is 2. The predicted molar refractivity (Wildman–Crippen MR) is 76.4 cm³/mol. The van der Waals surface area contributed by atoms with Crippen molar-refractivity contribution in [3.05, 3.63) is 33.8 Å². The molecule has 0 fully saturated rings. The summed E-state index contributed by atoms with van der Waals surface area (Å²) < 4.78 is 0. The van der Waals surface area contributed by atoms with Gasteiger partial charge < -0.3 is 10.2 Å². The van der Waals surface area contributed by atoms with E-state index >= 15 is 0 Å². The van der Waals surface area contributed by atoms with Gasteiger partial charge in [0.05, 0.1) is 12.2 Å². The van der Waals surface area contributed by atoms with Gasteiger partial charge in [-0.1, -0.05) is 43.1 Å². The summed E-state index contributed by atoms with van der Waals surface area (Å²) in [6, 6.07) is 4.93. The molecule has 0 amide bonds. The van der Waals surface area contributed by atoms with E-state index in [-0.39, 0.29) is 5.78 Å². The molecule has 0 aliphatic heterocycles. The van der Waals surface area contributed by atoms with Gasteiger partial charge in [-0.2, -0.15) is 0 Å². The van der Waals surface area contributed by atoms with Gasteiger partial charge in [0.15, 0.2) is 0 Å². The van der Waals surface area contributed by atoms with Crippen LogP contribution in [0.5, 0.6) is 0 Å². The minimum atomic E-state index is -1.03. The minimum absolute atomic E-state index is 0.128. The molecule has 0 aliphatic carbocycles. The van der Waals surface area contributed by atoms with Crippen molar-refractivity contribution in [2.45, 2.75) is 33.0 Å². The molecule has 0 radical (unpaired) electrons. The molecule has 0 spiro atoms. The van der Waals surface area contributed by atoms with Gasteiger partial charge in [0.2, 0.25) is 0 Å². The number of carbonyl (C=O) groups excluding carboxylic acids is 1. The third-order valence-electron chi connectivity index (χ3n) is 3.49. The molecule has 2 N–H and O–H groups in total.